The summed E-state index contributed by atoms with van der Waals surface area (Å²) in [5, 5.41) is 0. The van der Waals surface area contributed by atoms with Crippen molar-refractivity contribution >= 4 is 15.8 Å². The van der Waals surface area contributed by atoms with Gasteiger partial charge in [-0.15, -0.1) is 0 Å². The van der Waals surface area contributed by atoms with Gasteiger partial charge in [0, 0.05) is 18.8 Å². The number of benzene rings is 1. The van der Waals surface area contributed by atoms with Crippen molar-refractivity contribution in [3.63, 3.8) is 0 Å². The van der Waals surface area contributed by atoms with Gasteiger partial charge < -0.3 is 11.8 Å². The van der Waals surface area contributed by atoms with Gasteiger partial charge in [0.2, 0.25) is 0 Å². The number of hydrogen-bond acceptors (Lipinski definition) is 3. The summed E-state index contributed by atoms with van der Waals surface area (Å²) in [6, 6.07) is 8.08. The smallest absolute Gasteiger partial charge is 1.00 e. The molecule has 5 nitrogen and oxygen atoms in total. The fourth-order valence-electron chi connectivity index (χ4n) is 1.73. The van der Waals surface area contributed by atoms with E-state index in [1.165, 1.54) is 5.56 Å². The molecule has 0 fully saturated rings. The molecule has 0 bridgehead atoms. The minimum atomic E-state index is -3.85. The van der Waals surface area contributed by atoms with Gasteiger partial charge in [-0.25, -0.2) is 0 Å². The van der Waals surface area contributed by atoms with E-state index < -0.39 is 10.1 Å². The van der Waals surface area contributed by atoms with Crippen molar-refractivity contribution in [3.05, 3.63) is 29.8 Å². The first-order valence-electron chi connectivity index (χ1n) is 5.69. The molecule has 0 aliphatic heterocycles. The zero-order chi connectivity index (χ0) is 12.9. The van der Waals surface area contributed by atoms with E-state index >= 15 is 0 Å². The van der Waals surface area contributed by atoms with Crippen molar-refractivity contribution in [3.8, 4) is 0 Å². The molecular formula is C12H22NNaO4S. The quantitative estimate of drug-likeness (QED) is 0.505. The molecule has 1 aromatic carbocycles. The monoisotopic (exact) mass is 299 g/mol. The van der Waals surface area contributed by atoms with Crippen LogP contribution in [0.1, 0.15) is 20.3 Å². The molecular weight excluding hydrogens is 277 g/mol. The second-order valence-corrected chi connectivity index (χ2v) is 5.63. The Bertz CT molecular complexity index is 470. The Balaban J connectivity index is -0.000000963. The average Bonchev–Trinajstić information content (AvgIpc) is 2.23. The topological polar surface area (TPSA) is 89.1 Å². The van der Waals surface area contributed by atoms with E-state index in [0.29, 0.717) is 13.0 Å². The molecule has 0 saturated carbocycles. The molecule has 3 N–H and O–H groups in total. The maximum atomic E-state index is 10.6. The molecule has 0 radical (unpaired) electrons. The van der Waals surface area contributed by atoms with Crippen LogP contribution in [0.2, 0.25) is 0 Å². The zero-order valence-electron chi connectivity index (χ0n) is 12.8. The third-order valence-corrected chi connectivity index (χ3v) is 3.38. The number of hydrogen-bond donors (Lipinski definition) is 1. The molecule has 0 amide bonds. The summed E-state index contributed by atoms with van der Waals surface area (Å²) in [7, 11) is -3.85. The molecule has 0 heterocycles. The van der Waals surface area contributed by atoms with Gasteiger partial charge in [0.05, 0.1) is 5.75 Å². The number of anilines is 1. The largest absolute Gasteiger partial charge is 1.00 e. The first-order valence-corrected chi connectivity index (χ1v) is 7.30. The minimum absolute atomic E-state index is 0. The molecule has 0 unspecified atom stereocenters. The van der Waals surface area contributed by atoms with E-state index in [0.717, 1.165) is 12.2 Å². The van der Waals surface area contributed by atoms with Crippen molar-refractivity contribution in [1.82, 2.24) is 0 Å². The van der Waals surface area contributed by atoms with E-state index in [2.05, 4.69) is 11.0 Å². The standard InChI is InChI=1S/C12H19NO3S.Na.H2O.H/c1-3-13(8-5-9-17(14,15)16)12-7-4-6-11(2)10-12;;;/h4,6-7,10H,3,5,8-9H2,1-2H3,(H,14,15,16);;1H2;/q;+1;;-1. The first kappa shape index (κ1) is 21.2. The van der Waals surface area contributed by atoms with E-state index in [1.807, 2.05) is 32.0 Å². The van der Waals surface area contributed by atoms with Gasteiger partial charge in [0.15, 0.2) is 0 Å². The van der Waals surface area contributed by atoms with Crippen LogP contribution in [0.4, 0.5) is 5.69 Å². The normalized spacial score (nSPS) is 10.3. The van der Waals surface area contributed by atoms with E-state index in [-0.39, 0.29) is 42.2 Å². The van der Waals surface area contributed by atoms with Gasteiger partial charge in [-0.05, 0) is 38.0 Å². The minimum Gasteiger partial charge on any atom is -1.00 e. The van der Waals surface area contributed by atoms with Gasteiger partial charge in [-0.3, -0.25) is 4.55 Å². The Hall–Kier alpha value is -0.110. The Morgan fingerprint density at radius 2 is 2.00 bits per heavy atom. The summed E-state index contributed by atoms with van der Waals surface area (Å²) in [6.45, 7) is 5.49. The Morgan fingerprint density at radius 1 is 1.37 bits per heavy atom. The van der Waals surface area contributed by atoms with Gasteiger partial charge in [0.1, 0.15) is 0 Å². The third-order valence-electron chi connectivity index (χ3n) is 2.58. The van der Waals surface area contributed by atoms with Crippen molar-refractivity contribution in [2.24, 2.45) is 0 Å². The molecule has 7 heteroatoms. The van der Waals surface area contributed by atoms with Crippen LogP contribution >= 0.6 is 0 Å². The molecule has 0 atom stereocenters. The van der Waals surface area contributed by atoms with Crippen LogP contribution in [-0.2, 0) is 10.1 Å². The SMILES string of the molecule is CCN(CCCS(=O)(=O)O)c1cccc(C)c1.O.[H-].[Na+]. The molecule has 0 saturated heterocycles. The van der Waals surface area contributed by atoms with Crippen LogP contribution in [-0.4, -0.2) is 37.3 Å². The van der Waals surface area contributed by atoms with E-state index in [4.69, 9.17) is 4.55 Å². The Morgan fingerprint density at radius 3 is 2.47 bits per heavy atom. The summed E-state index contributed by atoms with van der Waals surface area (Å²) >= 11 is 0. The van der Waals surface area contributed by atoms with E-state index in [1.54, 1.807) is 0 Å². The molecule has 0 aliphatic carbocycles. The summed E-state index contributed by atoms with van der Waals surface area (Å²) in [6.07, 6.45) is 0.431. The Kier molecular flexibility index (Phi) is 10.9. The molecule has 0 aliphatic rings. The number of aryl methyl sites for hydroxylation is 1. The fraction of sp³-hybridized carbons (Fsp3) is 0.500. The van der Waals surface area contributed by atoms with Crippen LogP contribution in [0.5, 0.6) is 0 Å². The second-order valence-electron chi connectivity index (χ2n) is 4.06. The maximum Gasteiger partial charge on any atom is 1.00 e. The van der Waals surface area contributed by atoms with Gasteiger partial charge in [0.25, 0.3) is 10.1 Å². The Labute approximate surface area is 138 Å². The molecule has 19 heavy (non-hydrogen) atoms. The predicted octanol–water partition coefficient (Wildman–Crippen LogP) is -1.61. The van der Waals surface area contributed by atoms with Crippen LogP contribution in [0.15, 0.2) is 24.3 Å². The van der Waals surface area contributed by atoms with Crippen LogP contribution in [0.3, 0.4) is 0 Å². The molecule has 1 rings (SSSR count). The van der Waals surface area contributed by atoms with Crippen LogP contribution in [0, 0.1) is 6.92 Å². The summed E-state index contributed by atoms with van der Waals surface area (Å²) in [4.78, 5) is 2.10. The van der Waals surface area contributed by atoms with Crippen molar-refractivity contribution in [2.75, 3.05) is 23.7 Å². The van der Waals surface area contributed by atoms with Crippen molar-refractivity contribution in [2.45, 2.75) is 20.3 Å². The average molecular weight is 299 g/mol. The predicted molar refractivity (Wildman–Crippen MR) is 74.8 cm³/mol. The van der Waals surface area contributed by atoms with Gasteiger partial charge in [-0.2, -0.15) is 8.42 Å². The molecule has 0 aromatic heterocycles. The van der Waals surface area contributed by atoms with Gasteiger partial charge >= 0.3 is 29.6 Å². The van der Waals surface area contributed by atoms with Crippen LogP contribution in [0.25, 0.3) is 0 Å². The van der Waals surface area contributed by atoms with Crippen molar-refractivity contribution in [1.29, 1.82) is 0 Å². The third kappa shape index (κ3) is 8.62. The van der Waals surface area contributed by atoms with E-state index in [9.17, 15) is 8.42 Å². The zero-order valence-corrected chi connectivity index (χ0v) is 14.6. The fourth-order valence-corrected chi connectivity index (χ4v) is 2.23. The molecule has 106 valence electrons. The molecule has 1 aromatic rings. The number of rotatable bonds is 6. The maximum absolute atomic E-state index is 10.6. The number of nitrogens with zero attached hydrogens (tertiary/aromatic N) is 1. The molecule has 0 spiro atoms. The van der Waals surface area contributed by atoms with Crippen LogP contribution < -0.4 is 34.5 Å². The summed E-state index contributed by atoms with van der Waals surface area (Å²) < 4.78 is 29.9. The van der Waals surface area contributed by atoms with Gasteiger partial charge in [-0.1, -0.05) is 12.1 Å². The summed E-state index contributed by atoms with van der Waals surface area (Å²) in [5.41, 5.74) is 2.26. The second kappa shape index (κ2) is 9.74. The van der Waals surface area contributed by atoms with Crippen molar-refractivity contribution < 1.29 is 49.4 Å². The summed E-state index contributed by atoms with van der Waals surface area (Å²) in [5.74, 6) is -0.185. The first-order chi connectivity index (χ1) is 7.92.